The van der Waals surface area contributed by atoms with Crippen LogP contribution in [0.5, 0.6) is 0 Å². The van der Waals surface area contributed by atoms with Crippen molar-refractivity contribution in [2.75, 3.05) is 18.4 Å². The number of benzene rings is 1. The highest BCUT2D eigenvalue weighted by Gasteiger charge is 2.30. The minimum absolute atomic E-state index is 0.0374. The van der Waals surface area contributed by atoms with E-state index in [0.717, 1.165) is 37.2 Å². The van der Waals surface area contributed by atoms with Crippen molar-refractivity contribution in [3.63, 3.8) is 0 Å². The minimum Gasteiger partial charge on any atom is -0.326 e. The zero-order valence-corrected chi connectivity index (χ0v) is 13.6. The predicted molar refractivity (Wildman–Crippen MR) is 90.2 cm³/mol. The van der Waals surface area contributed by atoms with E-state index in [-0.39, 0.29) is 30.1 Å². The Morgan fingerprint density at radius 1 is 1.21 bits per heavy atom. The Morgan fingerprint density at radius 3 is 2.62 bits per heavy atom. The summed E-state index contributed by atoms with van der Waals surface area (Å²) < 4.78 is 0. The zero-order chi connectivity index (χ0) is 16.9. The molecule has 0 aliphatic carbocycles. The first kappa shape index (κ1) is 16.6. The standard InChI is InChI=1S/C18H23N3O3/c22-16(6-3-13-7-8-19-11-13)20-15-4-1-12(2-5-15)9-14-10-17(23)21-18(14)24/h1-2,4-5,13-14,19H,3,6-11H2,(H,20,22)(H,21,23,24). The molecular weight excluding hydrogens is 306 g/mol. The molecule has 3 amide bonds. The van der Waals surface area contributed by atoms with Crippen molar-refractivity contribution in [1.82, 2.24) is 10.6 Å². The van der Waals surface area contributed by atoms with Crippen LogP contribution in [0, 0.1) is 11.8 Å². The van der Waals surface area contributed by atoms with Gasteiger partial charge in [-0.1, -0.05) is 12.1 Å². The maximum atomic E-state index is 12.0. The second kappa shape index (κ2) is 7.57. The summed E-state index contributed by atoms with van der Waals surface area (Å²) in [6.07, 6.45) is 3.41. The molecule has 2 aliphatic rings. The molecule has 3 rings (SSSR count). The van der Waals surface area contributed by atoms with Gasteiger partial charge in [0, 0.05) is 18.5 Å². The molecule has 6 nitrogen and oxygen atoms in total. The third kappa shape index (κ3) is 4.41. The van der Waals surface area contributed by atoms with Crippen LogP contribution in [-0.4, -0.2) is 30.8 Å². The van der Waals surface area contributed by atoms with E-state index in [1.54, 1.807) is 0 Å². The summed E-state index contributed by atoms with van der Waals surface area (Å²) in [5, 5.41) is 8.54. The summed E-state index contributed by atoms with van der Waals surface area (Å²) in [6, 6.07) is 7.48. The molecule has 2 heterocycles. The number of hydrogen-bond acceptors (Lipinski definition) is 4. The number of hydrogen-bond donors (Lipinski definition) is 3. The average Bonchev–Trinajstić information content (AvgIpc) is 3.17. The molecule has 1 aromatic rings. The number of amides is 3. The van der Waals surface area contributed by atoms with Crippen molar-refractivity contribution in [3.8, 4) is 0 Å². The maximum Gasteiger partial charge on any atom is 0.230 e. The second-order valence-electron chi connectivity index (χ2n) is 6.66. The monoisotopic (exact) mass is 329 g/mol. The Labute approximate surface area is 141 Å². The lowest BCUT2D eigenvalue weighted by Gasteiger charge is -2.10. The molecule has 6 heteroatoms. The highest BCUT2D eigenvalue weighted by atomic mass is 16.2. The predicted octanol–water partition coefficient (Wildman–Crippen LogP) is 1.22. The van der Waals surface area contributed by atoms with Gasteiger partial charge in [0.1, 0.15) is 0 Å². The summed E-state index contributed by atoms with van der Waals surface area (Å²) >= 11 is 0. The molecule has 2 aliphatic heterocycles. The van der Waals surface area contributed by atoms with Crippen LogP contribution in [0.25, 0.3) is 0 Å². The normalized spacial score (nSPS) is 23.3. The Morgan fingerprint density at radius 2 is 2.00 bits per heavy atom. The van der Waals surface area contributed by atoms with Gasteiger partial charge in [0.2, 0.25) is 17.7 Å². The van der Waals surface area contributed by atoms with Gasteiger partial charge in [-0.25, -0.2) is 0 Å². The van der Waals surface area contributed by atoms with E-state index in [4.69, 9.17) is 0 Å². The third-order valence-electron chi connectivity index (χ3n) is 4.73. The number of rotatable bonds is 6. The lowest BCUT2D eigenvalue weighted by Crippen LogP contribution is -2.22. The van der Waals surface area contributed by atoms with Crippen molar-refractivity contribution in [3.05, 3.63) is 29.8 Å². The third-order valence-corrected chi connectivity index (χ3v) is 4.73. The first-order chi connectivity index (χ1) is 11.6. The van der Waals surface area contributed by atoms with Crippen LogP contribution in [0.3, 0.4) is 0 Å². The number of carbonyl (C=O) groups is 3. The van der Waals surface area contributed by atoms with Gasteiger partial charge in [-0.15, -0.1) is 0 Å². The Balaban J connectivity index is 1.46. The molecule has 2 unspecified atom stereocenters. The van der Waals surface area contributed by atoms with E-state index >= 15 is 0 Å². The van der Waals surface area contributed by atoms with Gasteiger partial charge < -0.3 is 10.6 Å². The van der Waals surface area contributed by atoms with Crippen LogP contribution in [0.4, 0.5) is 5.69 Å². The summed E-state index contributed by atoms with van der Waals surface area (Å²) in [5.74, 6) is -0.0306. The van der Waals surface area contributed by atoms with Crippen LogP contribution < -0.4 is 16.0 Å². The molecule has 128 valence electrons. The van der Waals surface area contributed by atoms with Gasteiger partial charge in [0.25, 0.3) is 0 Å². The van der Waals surface area contributed by atoms with Gasteiger partial charge in [0.15, 0.2) is 0 Å². The van der Waals surface area contributed by atoms with Gasteiger partial charge in [-0.2, -0.15) is 0 Å². The van der Waals surface area contributed by atoms with Crippen LogP contribution in [0.1, 0.15) is 31.2 Å². The number of imide groups is 1. The summed E-state index contributed by atoms with van der Waals surface area (Å²) in [6.45, 7) is 2.07. The van der Waals surface area contributed by atoms with Crippen molar-refractivity contribution in [1.29, 1.82) is 0 Å². The topological polar surface area (TPSA) is 87.3 Å². The number of anilines is 1. The molecule has 0 saturated carbocycles. The van der Waals surface area contributed by atoms with Gasteiger partial charge in [-0.3, -0.25) is 19.7 Å². The molecule has 0 bridgehead atoms. The minimum atomic E-state index is -0.280. The Bertz CT molecular complexity index is 621. The highest BCUT2D eigenvalue weighted by Crippen LogP contribution is 2.19. The lowest BCUT2D eigenvalue weighted by atomic mass is 9.98. The second-order valence-corrected chi connectivity index (χ2v) is 6.66. The van der Waals surface area contributed by atoms with Gasteiger partial charge in [0.05, 0.1) is 5.92 Å². The van der Waals surface area contributed by atoms with E-state index in [1.807, 2.05) is 24.3 Å². The highest BCUT2D eigenvalue weighted by molar-refractivity contribution is 6.03. The van der Waals surface area contributed by atoms with E-state index in [2.05, 4.69) is 16.0 Å². The lowest BCUT2D eigenvalue weighted by molar-refractivity contribution is -0.125. The quantitative estimate of drug-likeness (QED) is 0.685. The molecule has 1 aromatic carbocycles. The Hall–Kier alpha value is -2.21. The number of nitrogens with one attached hydrogen (secondary N) is 3. The number of carbonyl (C=O) groups excluding carboxylic acids is 3. The van der Waals surface area contributed by atoms with E-state index in [9.17, 15) is 14.4 Å². The van der Waals surface area contributed by atoms with Crippen molar-refractivity contribution in [2.45, 2.75) is 32.1 Å². The molecule has 3 N–H and O–H groups in total. The van der Waals surface area contributed by atoms with Crippen LogP contribution in [-0.2, 0) is 20.8 Å². The average molecular weight is 329 g/mol. The van der Waals surface area contributed by atoms with E-state index in [0.29, 0.717) is 18.8 Å². The molecule has 0 spiro atoms. The first-order valence-corrected chi connectivity index (χ1v) is 8.53. The summed E-state index contributed by atoms with van der Waals surface area (Å²) in [5.41, 5.74) is 1.75. The van der Waals surface area contributed by atoms with Crippen molar-refractivity contribution >= 4 is 23.4 Å². The fourth-order valence-corrected chi connectivity index (χ4v) is 3.30. The van der Waals surface area contributed by atoms with Crippen molar-refractivity contribution in [2.24, 2.45) is 11.8 Å². The smallest absolute Gasteiger partial charge is 0.230 e. The summed E-state index contributed by atoms with van der Waals surface area (Å²) in [7, 11) is 0. The van der Waals surface area contributed by atoms with Crippen molar-refractivity contribution < 1.29 is 14.4 Å². The molecular formula is C18H23N3O3. The molecule has 24 heavy (non-hydrogen) atoms. The zero-order valence-electron chi connectivity index (χ0n) is 13.6. The molecule has 0 aromatic heterocycles. The van der Waals surface area contributed by atoms with E-state index < -0.39 is 0 Å². The Kier molecular flexibility index (Phi) is 5.25. The SMILES string of the molecule is O=C1CC(Cc2ccc(NC(=O)CCC3CCNC3)cc2)C(=O)N1. The molecule has 2 saturated heterocycles. The van der Waals surface area contributed by atoms with Crippen LogP contribution in [0.15, 0.2) is 24.3 Å². The summed E-state index contributed by atoms with van der Waals surface area (Å²) in [4.78, 5) is 34.8. The largest absolute Gasteiger partial charge is 0.326 e. The fourth-order valence-electron chi connectivity index (χ4n) is 3.30. The van der Waals surface area contributed by atoms with E-state index in [1.165, 1.54) is 0 Å². The molecule has 0 radical (unpaired) electrons. The first-order valence-electron chi connectivity index (χ1n) is 8.53. The van der Waals surface area contributed by atoms with Gasteiger partial charge >= 0.3 is 0 Å². The van der Waals surface area contributed by atoms with Gasteiger partial charge in [-0.05, 0) is 56.0 Å². The molecule has 2 fully saturated rings. The fraction of sp³-hybridized carbons (Fsp3) is 0.500. The van der Waals surface area contributed by atoms with Crippen LogP contribution >= 0.6 is 0 Å². The maximum absolute atomic E-state index is 12.0. The molecule has 2 atom stereocenters. The van der Waals surface area contributed by atoms with Crippen LogP contribution in [0.2, 0.25) is 0 Å².